The summed E-state index contributed by atoms with van der Waals surface area (Å²) >= 11 is 1.83. The second-order valence-electron chi connectivity index (χ2n) is 5.99. The maximum absolute atomic E-state index is 2.27. The number of pyridine rings is 1. The highest BCUT2D eigenvalue weighted by molar-refractivity contribution is 8.03. The van der Waals surface area contributed by atoms with Crippen molar-refractivity contribution in [3.63, 3.8) is 0 Å². The van der Waals surface area contributed by atoms with Crippen LogP contribution in [0.2, 0.25) is 0 Å². The molecular weight excluding hydrogens is 427 g/mol. The topological polar surface area (TPSA) is 7.12 Å². The van der Waals surface area contributed by atoms with Gasteiger partial charge in [-0.25, -0.2) is 0 Å². The van der Waals surface area contributed by atoms with E-state index >= 15 is 0 Å². The number of hydrogen-bond acceptors (Lipinski definition) is 2. The van der Waals surface area contributed by atoms with Crippen LogP contribution in [0.5, 0.6) is 0 Å². The minimum absolute atomic E-state index is 0. The van der Waals surface area contributed by atoms with Gasteiger partial charge in [-0.3, -0.25) is 0 Å². The number of nitrogens with zero attached hydrogens (tertiary/aromatic N) is 2. The molecule has 0 fully saturated rings. The van der Waals surface area contributed by atoms with Crippen molar-refractivity contribution < 1.29 is 28.5 Å². The van der Waals surface area contributed by atoms with Crippen LogP contribution in [-0.4, -0.2) is 7.05 Å². The quantitative estimate of drug-likeness (QED) is 0.414. The lowest BCUT2D eigenvalue weighted by Crippen LogP contribution is -3.00. The Balaban J connectivity index is 0.00000169. The van der Waals surface area contributed by atoms with Gasteiger partial charge in [0.25, 0.3) is 0 Å². The molecule has 0 aliphatic carbocycles. The fourth-order valence-electron chi connectivity index (χ4n) is 3.06. The number of rotatable bonds is 1. The first-order chi connectivity index (χ1) is 11.1. The third kappa shape index (κ3) is 2.93. The highest BCUT2D eigenvalue weighted by Gasteiger charge is 2.22. The maximum Gasteiger partial charge on any atom is 0.212 e. The van der Waals surface area contributed by atoms with Crippen molar-refractivity contribution in [2.75, 3.05) is 11.9 Å². The first-order valence-corrected chi connectivity index (χ1v) is 8.57. The SMILES string of the molecule is Cc1ccc2c(ccc(C=C3Sc4ccccc4N3C)[n+]2C)c1.[I-]. The van der Waals surface area contributed by atoms with E-state index in [2.05, 4.69) is 91.2 Å². The zero-order chi connectivity index (χ0) is 16.0. The van der Waals surface area contributed by atoms with Crippen LogP contribution in [-0.2, 0) is 7.05 Å². The van der Waals surface area contributed by atoms with Crippen LogP contribution in [0.1, 0.15) is 11.3 Å². The first-order valence-electron chi connectivity index (χ1n) is 7.75. The Hall–Kier alpha value is -1.53. The molecule has 0 spiro atoms. The van der Waals surface area contributed by atoms with E-state index in [-0.39, 0.29) is 24.0 Å². The number of aryl methyl sites for hydroxylation is 2. The Morgan fingerprint density at radius 3 is 2.62 bits per heavy atom. The minimum atomic E-state index is 0. The van der Waals surface area contributed by atoms with Crippen LogP contribution in [0, 0.1) is 6.92 Å². The van der Waals surface area contributed by atoms with Crippen LogP contribution in [0.4, 0.5) is 5.69 Å². The van der Waals surface area contributed by atoms with Crippen molar-refractivity contribution >= 4 is 34.4 Å². The van der Waals surface area contributed by atoms with Crippen LogP contribution < -0.4 is 33.4 Å². The molecule has 24 heavy (non-hydrogen) atoms. The number of thioether (sulfide) groups is 1. The van der Waals surface area contributed by atoms with Crippen LogP contribution >= 0.6 is 11.8 Å². The molecule has 1 aliphatic heterocycles. The summed E-state index contributed by atoms with van der Waals surface area (Å²) < 4.78 is 2.26. The van der Waals surface area contributed by atoms with Crippen molar-refractivity contribution in [2.45, 2.75) is 11.8 Å². The van der Waals surface area contributed by atoms with Crippen molar-refractivity contribution in [1.29, 1.82) is 0 Å². The minimum Gasteiger partial charge on any atom is -1.00 e. The van der Waals surface area contributed by atoms with Gasteiger partial charge >= 0.3 is 0 Å². The van der Waals surface area contributed by atoms with E-state index in [9.17, 15) is 0 Å². The Kier molecular flexibility index (Phi) is 4.88. The molecule has 4 heteroatoms. The lowest BCUT2D eigenvalue weighted by molar-refractivity contribution is -0.646. The van der Waals surface area contributed by atoms with Gasteiger partial charge in [0, 0.05) is 35.5 Å². The van der Waals surface area contributed by atoms with Gasteiger partial charge in [-0.05, 0) is 31.2 Å². The third-order valence-electron chi connectivity index (χ3n) is 4.41. The number of benzene rings is 2. The predicted molar refractivity (Wildman–Crippen MR) is 98.5 cm³/mol. The average molecular weight is 446 g/mol. The summed E-state index contributed by atoms with van der Waals surface area (Å²) in [5, 5.41) is 2.54. The highest BCUT2D eigenvalue weighted by Crippen LogP contribution is 2.45. The van der Waals surface area contributed by atoms with E-state index < -0.39 is 0 Å². The molecule has 122 valence electrons. The molecule has 0 saturated heterocycles. The lowest BCUT2D eigenvalue weighted by atomic mass is 10.1. The van der Waals surface area contributed by atoms with E-state index in [1.165, 1.54) is 37.8 Å². The molecule has 0 bridgehead atoms. The second kappa shape index (κ2) is 6.76. The van der Waals surface area contributed by atoms with Crippen molar-refractivity contribution in [3.8, 4) is 0 Å². The van der Waals surface area contributed by atoms with Gasteiger partial charge in [-0.2, -0.15) is 4.57 Å². The molecule has 2 heterocycles. The molecular formula is C20H19IN2S. The van der Waals surface area contributed by atoms with E-state index in [0.29, 0.717) is 0 Å². The Labute approximate surface area is 164 Å². The number of para-hydroxylation sites is 1. The molecule has 2 nitrogen and oxygen atoms in total. The van der Waals surface area contributed by atoms with E-state index in [4.69, 9.17) is 0 Å². The molecule has 0 radical (unpaired) electrons. The van der Waals surface area contributed by atoms with Crippen molar-refractivity contribution in [1.82, 2.24) is 0 Å². The summed E-state index contributed by atoms with van der Waals surface area (Å²) in [4.78, 5) is 3.58. The Morgan fingerprint density at radius 1 is 1.04 bits per heavy atom. The summed E-state index contributed by atoms with van der Waals surface area (Å²) in [7, 11) is 4.27. The van der Waals surface area contributed by atoms with Gasteiger partial charge in [0.15, 0.2) is 0 Å². The third-order valence-corrected chi connectivity index (χ3v) is 5.57. The van der Waals surface area contributed by atoms with E-state index in [0.717, 1.165) is 0 Å². The van der Waals surface area contributed by atoms with Crippen LogP contribution in [0.3, 0.4) is 0 Å². The van der Waals surface area contributed by atoms with Gasteiger partial charge in [0.1, 0.15) is 7.05 Å². The molecule has 3 aromatic rings. The average Bonchev–Trinajstić information content (AvgIpc) is 2.87. The van der Waals surface area contributed by atoms with Gasteiger partial charge in [0.2, 0.25) is 11.2 Å². The van der Waals surface area contributed by atoms with Gasteiger partial charge < -0.3 is 28.9 Å². The zero-order valence-corrected chi connectivity index (χ0v) is 16.9. The molecule has 0 amide bonds. The largest absolute Gasteiger partial charge is 1.00 e. The number of anilines is 1. The molecule has 2 aromatic carbocycles. The first kappa shape index (κ1) is 17.3. The normalized spacial score (nSPS) is 14.8. The number of aromatic nitrogens is 1. The molecule has 4 rings (SSSR count). The van der Waals surface area contributed by atoms with Crippen LogP contribution in [0.15, 0.2) is 64.5 Å². The summed E-state index contributed by atoms with van der Waals surface area (Å²) in [5.74, 6) is 0. The fourth-order valence-corrected chi connectivity index (χ4v) is 4.15. The molecule has 1 aromatic heterocycles. The standard InChI is InChI=1S/C20H19N2S.HI/c1-14-8-11-17-15(12-14)9-10-16(21(17)2)13-20-22(3)18-6-4-5-7-19(18)23-20;/h4-13H,1-3H3;1H/q+1;/p-1. The molecule has 1 aliphatic rings. The van der Waals surface area contributed by atoms with Gasteiger partial charge in [0.05, 0.1) is 10.7 Å². The number of halogens is 1. The lowest BCUT2D eigenvalue weighted by Gasteiger charge is -2.12. The zero-order valence-electron chi connectivity index (χ0n) is 14.0. The predicted octanol–water partition coefficient (Wildman–Crippen LogP) is 1.52. The summed E-state index contributed by atoms with van der Waals surface area (Å²) in [6.07, 6.45) is 2.27. The van der Waals surface area contributed by atoms with Gasteiger partial charge in [-0.1, -0.05) is 35.5 Å². The molecule has 0 N–H and O–H groups in total. The molecule has 0 saturated carbocycles. The van der Waals surface area contributed by atoms with Gasteiger partial charge in [-0.15, -0.1) is 0 Å². The number of fused-ring (bicyclic) bond motifs is 2. The Morgan fingerprint density at radius 2 is 1.83 bits per heavy atom. The highest BCUT2D eigenvalue weighted by atomic mass is 127. The van der Waals surface area contributed by atoms with E-state index in [1.54, 1.807) is 0 Å². The summed E-state index contributed by atoms with van der Waals surface area (Å²) in [5.41, 5.74) is 5.05. The summed E-state index contributed by atoms with van der Waals surface area (Å²) in [6, 6.07) is 19.6. The maximum atomic E-state index is 2.27. The number of hydrogen-bond donors (Lipinski definition) is 0. The summed E-state index contributed by atoms with van der Waals surface area (Å²) in [6.45, 7) is 2.14. The van der Waals surface area contributed by atoms with Crippen LogP contribution in [0.25, 0.3) is 17.0 Å². The molecule has 0 atom stereocenters. The van der Waals surface area contributed by atoms with E-state index in [1.807, 2.05) is 11.8 Å². The fraction of sp³-hybridized carbons (Fsp3) is 0.150. The van der Waals surface area contributed by atoms with Crippen molar-refractivity contribution in [2.24, 2.45) is 7.05 Å². The van der Waals surface area contributed by atoms with Crippen molar-refractivity contribution in [3.05, 3.63) is 70.9 Å². The Bertz CT molecular complexity index is 950. The monoisotopic (exact) mass is 446 g/mol. The smallest absolute Gasteiger partial charge is 0.212 e. The second-order valence-corrected chi connectivity index (χ2v) is 7.05. The molecule has 0 unspecified atom stereocenters.